The summed E-state index contributed by atoms with van der Waals surface area (Å²) in [5, 5.41) is 8.98. The number of esters is 1. The van der Waals surface area contributed by atoms with Crippen molar-refractivity contribution >= 4 is 5.97 Å². The lowest BCUT2D eigenvalue weighted by Gasteiger charge is -2.08. The third-order valence-electron chi connectivity index (χ3n) is 2.15. The largest absolute Gasteiger partial charge is 0.482 e. The second kappa shape index (κ2) is 6.12. The highest BCUT2D eigenvalue weighted by Crippen LogP contribution is 2.17. The molecular weight excluding hydrogens is 208 g/mol. The van der Waals surface area contributed by atoms with Crippen molar-refractivity contribution < 1.29 is 19.4 Å². The molecule has 1 aromatic carbocycles. The molecule has 0 aliphatic carbocycles. The van der Waals surface area contributed by atoms with Crippen molar-refractivity contribution in [1.29, 1.82) is 0 Å². The maximum atomic E-state index is 11.0. The lowest BCUT2D eigenvalue weighted by atomic mass is 10.1. The second-order valence-electron chi connectivity index (χ2n) is 3.34. The van der Waals surface area contributed by atoms with E-state index in [1.54, 1.807) is 25.1 Å². The van der Waals surface area contributed by atoms with E-state index in [0.717, 1.165) is 11.1 Å². The fourth-order valence-electron chi connectivity index (χ4n) is 1.28. The first-order chi connectivity index (χ1) is 7.67. The number of aliphatic hydroxyl groups excluding tert-OH is 1. The quantitative estimate of drug-likeness (QED) is 0.769. The van der Waals surface area contributed by atoms with Gasteiger partial charge in [0, 0.05) is 0 Å². The van der Waals surface area contributed by atoms with Gasteiger partial charge in [0.2, 0.25) is 0 Å². The smallest absolute Gasteiger partial charge is 0.344 e. The van der Waals surface area contributed by atoms with E-state index < -0.39 is 0 Å². The highest BCUT2D eigenvalue weighted by atomic mass is 16.6. The molecule has 0 aliphatic heterocycles. The Morgan fingerprint density at radius 3 is 2.75 bits per heavy atom. The molecule has 0 bridgehead atoms. The molecule has 0 fully saturated rings. The minimum absolute atomic E-state index is 0.00396. The molecule has 1 N–H and O–H groups in total. The first kappa shape index (κ1) is 12.5. The van der Waals surface area contributed by atoms with Crippen molar-refractivity contribution in [3.8, 4) is 5.75 Å². The number of benzene rings is 1. The maximum Gasteiger partial charge on any atom is 0.344 e. The van der Waals surface area contributed by atoms with Gasteiger partial charge in [0.1, 0.15) is 5.75 Å². The van der Waals surface area contributed by atoms with Crippen molar-refractivity contribution in [3.63, 3.8) is 0 Å². The highest BCUT2D eigenvalue weighted by Gasteiger charge is 2.04. The van der Waals surface area contributed by atoms with Crippen LogP contribution >= 0.6 is 0 Å². The van der Waals surface area contributed by atoms with Crippen LogP contribution in [0.5, 0.6) is 5.75 Å². The predicted octanol–water partition coefficient (Wildman–Crippen LogP) is 1.43. The summed E-state index contributed by atoms with van der Waals surface area (Å²) in [4.78, 5) is 11.0. The average Bonchev–Trinajstić information content (AvgIpc) is 2.27. The Labute approximate surface area is 94.8 Å². The fourth-order valence-corrected chi connectivity index (χ4v) is 1.28. The number of rotatable bonds is 5. The zero-order chi connectivity index (χ0) is 12.0. The van der Waals surface area contributed by atoms with Gasteiger partial charge in [-0.2, -0.15) is 0 Å². The standard InChI is InChI=1S/C12H16O4/c1-3-15-12(14)8-16-11-5-4-10(7-13)9(2)6-11/h4-6,13H,3,7-8H2,1-2H3. The molecule has 0 unspecified atom stereocenters. The van der Waals surface area contributed by atoms with Gasteiger partial charge in [-0.3, -0.25) is 0 Å². The molecule has 0 radical (unpaired) electrons. The molecule has 0 amide bonds. The first-order valence-corrected chi connectivity index (χ1v) is 5.16. The summed E-state index contributed by atoms with van der Waals surface area (Å²) in [7, 11) is 0. The number of hydrogen-bond donors (Lipinski definition) is 1. The van der Waals surface area contributed by atoms with E-state index in [4.69, 9.17) is 14.6 Å². The lowest BCUT2D eigenvalue weighted by molar-refractivity contribution is -0.145. The van der Waals surface area contributed by atoms with E-state index in [1.807, 2.05) is 6.92 Å². The second-order valence-corrected chi connectivity index (χ2v) is 3.34. The van der Waals surface area contributed by atoms with E-state index in [0.29, 0.717) is 12.4 Å². The number of carbonyl (C=O) groups excluding carboxylic acids is 1. The molecule has 1 aromatic rings. The third-order valence-corrected chi connectivity index (χ3v) is 2.15. The monoisotopic (exact) mass is 224 g/mol. The maximum absolute atomic E-state index is 11.0. The fraction of sp³-hybridized carbons (Fsp3) is 0.417. The molecule has 4 nitrogen and oxygen atoms in total. The van der Waals surface area contributed by atoms with Crippen LogP contribution in [0.15, 0.2) is 18.2 Å². The van der Waals surface area contributed by atoms with Crippen molar-refractivity contribution in [2.45, 2.75) is 20.5 Å². The van der Waals surface area contributed by atoms with Gasteiger partial charge in [-0.25, -0.2) is 4.79 Å². The molecule has 0 saturated heterocycles. The third kappa shape index (κ3) is 3.55. The average molecular weight is 224 g/mol. The normalized spacial score (nSPS) is 9.94. The van der Waals surface area contributed by atoms with Crippen LogP contribution in [0.25, 0.3) is 0 Å². The number of ether oxygens (including phenoxy) is 2. The number of carbonyl (C=O) groups is 1. The van der Waals surface area contributed by atoms with Gasteiger partial charge >= 0.3 is 5.97 Å². The first-order valence-electron chi connectivity index (χ1n) is 5.16. The number of aryl methyl sites for hydroxylation is 1. The van der Waals surface area contributed by atoms with Crippen LogP contribution in [0.4, 0.5) is 0 Å². The van der Waals surface area contributed by atoms with Crippen molar-refractivity contribution in [3.05, 3.63) is 29.3 Å². The van der Waals surface area contributed by atoms with Crippen LogP contribution < -0.4 is 4.74 Å². The molecular formula is C12H16O4. The number of hydrogen-bond acceptors (Lipinski definition) is 4. The molecule has 0 saturated carbocycles. The predicted molar refractivity (Wildman–Crippen MR) is 59.2 cm³/mol. The molecule has 0 aromatic heterocycles. The van der Waals surface area contributed by atoms with E-state index in [-0.39, 0.29) is 19.2 Å². The van der Waals surface area contributed by atoms with Gasteiger partial charge in [0.05, 0.1) is 13.2 Å². The number of aliphatic hydroxyl groups is 1. The van der Waals surface area contributed by atoms with Crippen molar-refractivity contribution in [2.75, 3.05) is 13.2 Å². The van der Waals surface area contributed by atoms with Crippen molar-refractivity contribution in [2.24, 2.45) is 0 Å². The topological polar surface area (TPSA) is 55.8 Å². The van der Waals surface area contributed by atoms with Crippen LogP contribution in [0, 0.1) is 6.92 Å². The van der Waals surface area contributed by atoms with Crippen LogP contribution in [-0.2, 0) is 16.1 Å². The lowest BCUT2D eigenvalue weighted by Crippen LogP contribution is -2.14. The molecule has 0 atom stereocenters. The summed E-state index contributed by atoms with van der Waals surface area (Å²) < 4.78 is 9.98. The summed E-state index contributed by atoms with van der Waals surface area (Å²) in [6.45, 7) is 3.89. The molecule has 16 heavy (non-hydrogen) atoms. The Balaban J connectivity index is 2.55. The van der Waals surface area contributed by atoms with E-state index in [9.17, 15) is 4.79 Å². The molecule has 4 heteroatoms. The Hall–Kier alpha value is -1.55. The molecule has 0 aliphatic rings. The molecule has 0 heterocycles. The van der Waals surface area contributed by atoms with Crippen LogP contribution in [0.3, 0.4) is 0 Å². The Morgan fingerprint density at radius 1 is 1.44 bits per heavy atom. The van der Waals surface area contributed by atoms with E-state index in [2.05, 4.69) is 0 Å². The van der Waals surface area contributed by atoms with Gasteiger partial charge in [0.15, 0.2) is 6.61 Å². The van der Waals surface area contributed by atoms with Crippen LogP contribution in [0.1, 0.15) is 18.1 Å². The van der Waals surface area contributed by atoms with Gasteiger partial charge < -0.3 is 14.6 Å². The SMILES string of the molecule is CCOC(=O)COc1ccc(CO)c(C)c1. The highest BCUT2D eigenvalue weighted by molar-refractivity contribution is 5.71. The van der Waals surface area contributed by atoms with Crippen LogP contribution in [0.2, 0.25) is 0 Å². The van der Waals surface area contributed by atoms with E-state index >= 15 is 0 Å². The summed E-state index contributed by atoms with van der Waals surface area (Å²) >= 11 is 0. The van der Waals surface area contributed by atoms with Gasteiger partial charge in [-0.15, -0.1) is 0 Å². The van der Waals surface area contributed by atoms with Gasteiger partial charge in [0.25, 0.3) is 0 Å². The molecule has 1 rings (SSSR count). The van der Waals surface area contributed by atoms with Gasteiger partial charge in [-0.1, -0.05) is 6.07 Å². The molecule has 0 spiro atoms. The van der Waals surface area contributed by atoms with Crippen LogP contribution in [-0.4, -0.2) is 24.3 Å². The Kier molecular flexibility index (Phi) is 4.79. The minimum atomic E-state index is -0.383. The summed E-state index contributed by atoms with van der Waals surface area (Å²) in [5.41, 5.74) is 1.78. The summed E-state index contributed by atoms with van der Waals surface area (Å²) in [5.74, 6) is 0.217. The zero-order valence-electron chi connectivity index (χ0n) is 9.53. The zero-order valence-corrected chi connectivity index (χ0v) is 9.53. The summed E-state index contributed by atoms with van der Waals surface area (Å²) in [6.07, 6.45) is 0. The Bertz CT molecular complexity index is 360. The molecule has 88 valence electrons. The Morgan fingerprint density at radius 2 is 2.19 bits per heavy atom. The van der Waals surface area contributed by atoms with Gasteiger partial charge in [-0.05, 0) is 37.1 Å². The summed E-state index contributed by atoms with van der Waals surface area (Å²) in [6, 6.07) is 5.28. The minimum Gasteiger partial charge on any atom is -0.482 e. The van der Waals surface area contributed by atoms with E-state index in [1.165, 1.54) is 0 Å². The van der Waals surface area contributed by atoms with Crippen molar-refractivity contribution in [1.82, 2.24) is 0 Å².